The van der Waals surface area contributed by atoms with Crippen LogP contribution in [-0.4, -0.2) is 34.2 Å². The molecule has 5 heteroatoms. The fourth-order valence-corrected chi connectivity index (χ4v) is 2.89. The largest absolute Gasteiger partial charge is 0.366 e. The van der Waals surface area contributed by atoms with Crippen molar-refractivity contribution in [2.75, 3.05) is 18.4 Å². The third kappa shape index (κ3) is 3.93. The van der Waals surface area contributed by atoms with E-state index in [9.17, 15) is 0 Å². The average molecular weight is 303 g/mol. The number of hydrogen-bond donors (Lipinski definition) is 1. The summed E-state index contributed by atoms with van der Waals surface area (Å²) in [5, 5.41) is 12.3. The number of nitrogens with zero attached hydrogens (tertiary/aromatic N) is 3. The molecule has 1 aromatic carbocycles. The van der Waals surface area contributed by atoms with Crippen LogP contribution in [0.15, 0.2) is 42.6 Å². The first kappa shape index (κ1) is 14.3. The first-order chi connectivity index (χ1) is 10.3. The van der Waals surface area contributed by atoms with E-state index in [0.29, 0.717) is 6.04 Å². The highest BCUT2D eigenvalue weighted by molar-refractivity contribution is 6.31. The zero-order chi connectivity index (χ0) is 14.5. The lowest BCUT2D eigenvalue weighted by molar-refractivity contribution is 0.211. The van der Waals surface area contributed by atoms with Gasteiger partial charge in [-0.25, -0.2) is 0 Å². The molecule has 1 aliphatic heterocycles. The van der Waals surface area contributed by atoms with Crippen LogP contribution in [0.4, 0.5) is 5.82 Å². The number of likely N-dealkylation sites (tertiary alicyclic amines) is 1. The Bertz CT molecular complexity index is 567. The molecule has 1 N–H and O–H groups in total. The van der Waals surface area contributed by atoms with Crippen molar-refractivity contribution in [2.45, 2.75) is 25.4 Å². The molecule has 0 aliphatic carbocycles. The van der Waals surface area contributed by atoms with Crippen LogP contribution in [0.3, 0.4) is 0 Å². The molecule has 0 amide bonds. The van der Waals surface area contributed by atoms with Crippen molar-refractivity contribution >= 4 is 17.4 Å². The Balaban J connectivity index is 1.50. The standard InChI is InChI=1S/C16H19ClN4/c17-15-5-2-1-4-13(15)12-21-10-7-14(8-11-21)19-16-6-3-9-18-20-16/h1-6,9,14H,7-8,10-12H2,(H,19,20). The Hall–Kier alpha value is -1.65. The Morgan fingerprint density at radius 1 is 1.14 bits per heavy atom. The van der Waals surface area contributed by atoms with Gasteiger partial charge >= 0.3 is 0 Å². The van der Waals surface area contributed by atoms with E-state index in [0.717, 1.165) is 43.3 Å². The van der Waals surface area contributed by atoms with Gasteiger partial charge in [0.2, 0.25) is 0 Å². The molecule has 2 aromatic rings. The second kappa shape index (κ2) is 6.87. The highest BCUT2D eigenvalue weighted by Crippen LogP contribution is 2.20. The summed E-state index contributed by atoms with van der Waals surface area (Å²) in [5.41, 5.74) is 1.21. The van der Waals surface area contributed by atoms with Crippen molar-refractivity contribution in [3.63, 3.8) is 0 Å². The van der Waals surface area contributed by atoms with E-state index in [1.807, 2.05) is 30.3 Å². The number of aromatic nitrogens is 2. The summed E-state index contributed by atoms with van der Waals surface area (Å²) < 4.78 is 0. The third-order valence-corrected chi connectivity index (χ3v) is 4.23. The summed E-state index contributed by atoms with van der Waals surface area (Å²) in [6, 6.07) is 12.4. The molecule has 0 saturated carbocycles. The third-order valence-electron chi connectivity index (χ3n) is 3.86. The monoisotopic (exact) mass is 302 g/mol. The fraction of sp³-hybridized carbons (Fsp3) is 0.375. The lowest BCUT2D eigenvalue weighted by atomic mass is 10.0. The molecule has 21 heavy (non-hydrogen) atoms. The molecule has 0 radical (unpaired) electrons. The summed E-state index contributed by atoms with van der Waals surface area (Å²) in [7, 11) is 0. The molecule has 1 fully saturated rings. The Labute approximate surface area is 130 Å². The molecule has 4 nitrogen and oxygen atoms in total. The average Bonchev–Trinajstić information content (AvgIpc) is 2.52. The number of benzene rings is 1. The van der Waals surface area contributed by atoms with Gasteiger partial charge in [-0.05, 0) is 36.6 Å². The maximum Gasteiger partial charge on any atom is 0.148 e. The second-order valence-electron chi connectivity index (χ2n) is 5.40. The lowest BCUT2D eigenvalue weighted by Crippen LogP contribution is -2.38. The molecule has 3 rings (SSSR count). The van der Waals surface area contributed by atoms with Crippen LogP contribution in [0, 0.1) is 0 Å². The van der Waals surface area contributed by atoms with Crippen LogP contribution < -0.4 is 5.32 Å². The van der Waals surface area contributed by atoms with Crippen molar-refractivity contribution < 1.29 is 0 Å². The molecule has 0 unspecified atom stereocenters. The molecule has 0 spiro atoms. The van der Waals surface area contributed by atoms with Crippen LogP contribution in [0.5, 0.6) is 0 Å². The maximum atomic E-state index is 6.23. The van der Waals surface area contributed by atoms with Crippen LogP contribution in [-0.2, 0) is 6.54 Å². The fourth-order valence-electron chi connectivity index (χ4n) is 2.69. The van der Waals surface area contributed by atoms with E-state index in [1.165, 1.54) is 5.56 Å². The van der Waals surface area contributed by atoms with E-state index in [1.54, 1.807) is 6.20 Å². The number of piperidine rings is 1. The predicted octanol–water partition coefficient (Wildman–Crippen LogP) is 3.21. The van der Waals surface area contributed by atoms with Crippen LogP contribution in [0.2, 0.25) is 5.02 Å². The van der Waals surface area contributed by atoms with Gasteiger partial charge in [-0.2, -0.15) is 5.10 Å². The minimum atomic E-state index is 0.476. The topological polar surface area (TPSA) is 41.0 Å². The van der Waals surface area contributed by atoms with E-state index in [4.69, 9.17) is 11.6 Å². The molecule has 0 bridgehead atoms. The van der Waals surface area contributed by atoms with Gasteiger partial charge in [0.25, 0.3) is 0 Å². The molecule has 1 aromatic heterocycles. The SMILES string of the molecule is Clc1ccccc1CN1CCC(Nc2cccnn2)CC1. The summed E-state index contributed by atoms with van der Waals surface area (Å²) >= 11 is 6.23. The summed E-state index contributed by atoms with van der Waals surface area (Å²) in [6.07, 6.45) is 3.92. The highest BCUT2D eigenvalue weighted by Gasteiger charge is 2.19. The van der Waals surface area contributed by atoms with Crippen molar-refractivity contribution in [3.8, 4) is 0 Å². The van der Waals surface area contributed by atoms with Gasteiger partial charge in [-0.15, -0.1) is 5.10 Å². The summed E-state index contributed by atoms with van der Waals surface area (Å²) in [4.78, 5) is 2.45. The van der Waals surface area contributed by atoms with Gasteiger partial charge in [0, 0.05) is 36.9 Å². The summed E-state index contributed by atoms with van der Waals surface area (Å²) in [6.45, 7) is 3.07. The van der Waals surface area contributed by atoms with E-state index in [2.05, 4.69) is 26.5 Å². The predicted molar refractivity (Wildman–Crippen MR) is 85.4 cm³/mol. The number of halogens is 1. The van der Waals surface area contributed by atoms with Gasteiger partial charge in [-0.1, -0.05) is 29.8 Å². The van der Waals surface area contributed by atoms with Gasteiger partial charge in [0.05, 0.1) is 0 Å². The molecular weight excluding hydrogens is 284 g/mol. The van der Waals surface area contributed by atoms with Crippen molar-refractivity contribution in [1.29, 1.82) is 0 Å². The van der Waals surface area contributed by atoms with E-state index >= 15 is 0 Å². The molecule has 110 valence electrons. The molecule has 1 aliphatic rings. The molecular formula is C16H19ClN4. The van der Waals surface area contributed by atoms with E-state index < -0.39 is 0 Å². The maximum absolute atomic E-state index is 6.23. The second-order valence-corrected chi connectivity index (χ2v) is 5.80. The first-order valence-electron chi connectivity index (χ1n) is 7.31. The van der Waals surface area contributed by atoms with Gasteiger partial charge in [0.1, 0.15) is 5.82 Å². The van der Waals surface area contributed by atoms with E-state index in [-0.39, 0.29) is 0 Å². The number of nitrogens with one attached hydrogen (secondary N) is 1. The van der Waals surface area contributed by atoms with Gasteiger partial charge in [-0.3, -0.25) is 4.90 Å². The lowest BCUT2D eigenvalue weighted by Gasteiger charge is -2.32. The minimum Gasteiger partial charge on any atom is -0.366 e. The van der Waals surface area contributed by atoms with Crippen LogP contribution in [0.1, 0.15) is 18.4 Å². The zero-order valence-corrected chi connectivity index (χ0v) is 12.6. The Morgan fingerprint density at radius 2 is 1.95 bits per heavy atom. The molecule has 2 heterocycles. The van der Waals surface area contributed by atoms with Crippen molar-refractivity contribution in [1.82, 2.24) is 15.1 Å². The number of anilines is 1. The van der Waals surface area contributed by atoms with Crippen molar-refractivity contribution in [2.24, 2.45) is 0 Å². The molecule has 0 atom stereocenters. The van der Waals surface area contributed by atoms with Crippen LogP contribution in [0.25, 0.3) is 0 Å². The normalized spacial score (nSPS) is 16.8. The van der Waals surface area contributed by atoms with Gasteiger partial charge in [0.15, 0.2) is 0 Å². The van der Waals surface area contributed by atoms with Crippen molar-refractivity contribution in [3.05, 3.63) is 53.2 Å². The smallest absolute Gasteiger partial charge is 0.148 e. The van der Waals surface area contributed by atoms with Crippen LogP contribution >= 0.6 is 11.6 Å². The summed E-state index contributed by atoms with van der Waals surface area (Å²) in [5.74, 6) is 0.863. The van der Waals surface area contributed by atoms with Gasteiger partial charge < -0.3 is 5.32 Å². The Kier molecular flexibility index (Phi) is 4.68. The quantitative estimate of drug-likeness (QED) is 0.941. The Morgan fingerprint density at radius 3 is 2.67 bits per heavy atom. The molecule has 1 saturated heterocycles. The number of hydrogen-bond acceptors (Lipinski definition) is 4. The highest BCUT2D eigenvalue weighted by atomic mass is 35.5. The number of rotatable bonds is 4. The zero-order valence-electron chi connectivity index (χ0n) is 11.9. The first-order valence-corrected chi connectivity index (χ1v) is 7.69. The minimum absolute atomic E-state index is 0.476.